The van der Waals surface area contributed by atoms with Crippen LogP contribution in [-0.4, -0.2) is 6.10 Å². The van der Waals surface area contributed by atoms with Gasteiger partial charge in [0.1, 0.15) is 0 Å². The molecule has 1 aromatic rings. The molecule has 1 atom stereocenters. The first-order valence-corrected chi connectivity index (χ1v) is 5.31. The Kier molecular flexibility index (Phi) is 4.86. The fourth-order valence-corrected chi connectivity index (χ4v) is 1.51. The van der Waals surface area contributed by atoms with Gasteiger partial charge in [-0.05, 0) is 25.8 Å². The third-order valence-corrected chi connectivity index (χ3v) is 2.13. The average molecular weight is 203 g/mol. The lowest BCUT2D eigenvalue weighted by molar-refractivity contribution is 0.00251. The second-order valence-electron chi connectivity index (χ2n) is 3.78. The molecule has 80 valence electrons. The lowest BCUT2D eigenvalue weighted by Crippen LogP contribution is -2.10. The van der Waals surface area contributed by atoms with Crippen molar-refractivity contribution >= 4 is 0 Å². The Balaban J connectivity index is 2.68. The van der Waals surface area contributed by atoms with Crippen LogP contribution in [0, 0.1) is 11.3 Å². The van der Waals surface area contributed by atoms with Gasteiger partial charge in [-0.25, -0.2) is 0 Å². The van der Waals surface area contributed by atoms with Crippen LogP contribution in [-0.2, 0) is 4.74 Å². The summed E-state index contributed by atoms with van der Waals surface area (Å²) in [7, 11) is 0. The number of hydrogen-bond acceptors (Lipinski definition) is 2. The summed E-state index contributed by atoms with van der Waals surface area (Å²) >= 11 is 0. The SMILES string of the molecule is CC(C)OC(CCC#N)c1ccccc1. The lowest BCUT2D eigenvalue weighted by Gasteiger charge is -2.19. The van der Waals surface area contributed by atoms with Gasteiger partial charge in [0.2, 0.25) is 0 Å². The summed E-state index contributed by atoms with van der Waals surface area (Å²) in [5.74, 6) is 0. The Hall–Kier alpha value is -1.33. The number of rotatable bonds is 5. The molecule has 1 aromatic carbocycles. The van der Waals surface area contributed by atoms with Crippen LogP contribution in [0.15, 0.2) is 30.3 Å². The Labute approximate surface area is 91.5 Å². The van der Waals surface area contributed by atoms with E-state index in [1.165, 1.54) is 0 Å². The predicted molar refractivity (Wildman–Crippen MR) is 60.3 cm³/mol. The molecule has 0 radical (unpaired) electrons. The zero-order valence-electron chi connectivity index (χ0n) is 9.31. The van der Waals surface area contributed by atoms with Gasteiger partial charge in [-0.1, -0.05) is 30.3 Å². The molecule has 2 nitrogen and oxygen atoms in total. The molecule has 0 aliphatic heterocycles. The average Bonchev–Trinajstić information content (AvgIpc) is 2.25. The van der Waals surface area contributed by atoms with Crippen molar-refractivity contribution in [2.45, 2.75) is 38.9 Å². The minimum Gasteiger partial charge on any atom is -0.371 e. The highest BCUT2D eigenvalue weighted by Gasteiger charge is 2.12. The largest absolute Gasteiger partial charge is 0.371 e. The highest BCUT2D eigenvalue weighted by molar-refractivity contribution is 5.17. The molecule has 0 spiro atoms. The van der Waals surface area contributed by atoms with Crippen molar-refractivity contribution in [3.05, 3.63) is 35.9 Å². The van der Waals surface area contributed by atoms with Gasteiger partial charge in [-0.2, -0.15) is 5.26 Å². The lowest BCUT2D eigenvalue weighted by atomic mass is 10.1. The molecule has 0 amide bonds. The van der Waals surface area contributed by atoms with Crippen molar-refractivity contribution in [1.29, 1.82) is 5.26 Å². The summed E-state index contributed by atoms with van der Waals surface area (Å²) in [6.07, 6.45) is 1.53. The first kappa shape index (κ1) is 11.7. The second kappa shape index (κ2) is 6.21. The van der Waals surface area contributed by atoms with Gasteiger partial charge < -0.3 is 4.74 Å². The molecule has 0 aliphatic rings. The van der Waals surface area contributed by atoms with Gasteiger partial charge in [0, 0.05) is 6.42 Å². The highest BCUT2D eigenvalue weighted by Crippen LogP contribution is 2.23. The molecule has 15 heavy (non-hydrogen) atoms. The van der Waals surface area contributed by atoms with Gasteiger partial charge in [-0.3, -0.25) is 0 Å². The number of hydrogen-bond donors (Lipinski definition) is 0. The first-order valence-electron chi connectivity index (χ1n) is 5.31. The number of nitriles is 1. The summed E-state index contributed by atoms with van der Waals surface area (Å²) in [5.41, 5.74) is 1.15. The van der Waals surface area contributed by atoms with E-state index < -0.39 is 0 Å². The van der Waals surface area contributed by atoms with E-state index >= 15 is 0 Å². The quantitative estimate of drug-likeness (QED) is 0.734. The van der Waals surface area contributed by atoms with Gasteiger partial charge in [0.25, 0.3) is 0 Å². The zero-order chi connectivity index (χ0) is 11.1. The van der Waals surface area contributed by atoms with Crippen molar-refractivity contribution in [2.75, 3.05) is 0 Å². The summed E-state index contributed by atoms with van der Waals surface area (Å²) in [6.45, 7) is 4.03. The van der Waals surface area contributed by atoms with Crippen molar-refractivity contribution in [2.24, 2.45) is 0 Å². The van der Waals surface area contributed by atoms with Crippen molar-refractivity contribution in [1.82, 2.24) is 0 Å². The maximum atomic E-state index is 8.59. The molecule has 1 unspecified atom stereocenters. The van der Waals surface area contributed by atoms with E-state index in [1.54, 1.807) is 0 Å². The Morgan fingerprint density at radius 3 is 2.47 bits per heavy atom. The second-order valence-corrected chi connectivity index (χ2v) is 3.78. The van der Waals surface area contributed by atoms with Gasteiger partial charge in [-0.15, -0.1) is 0 Å². The number of ether oxygens (including phenoxy) is 1. The summed E-state index contributed by atoms with van der Waals surface area (Å²) in [4.78, 5) is 0. The molecule has 0 aliphatic carbocycles. The minimum atomic E-state index is 0.0471. The van der Waals surface area contributed by atoms with Crippen molar-refractivity contribution in [3.8, 4) is 6.07 Å². The summed E-state index contributed by atoms with van der Waals surface area (Å²) < 4.78 is 5.79. The van der Waals surface area contributed by atoms with Crippen LogP contribution in [0.4, 0.5) is 0 Å². The zero-order valence-corrected chi connectivity index (χ0v) is 9.31. The van der Waals surface area contributed by atoms with Crippen LogP contribution in [0.1, 0.15) is 38.4 Å². The fraction of sp³-hybridized carbons (Fsp3) is 0.462. The van der Waals surface area contributed by atoms with Crippen LogP contribution in [0.2, 0.25) is 0 Å². The van der Waals surface area contributed by atoms with E-state index in [0.717, 1.165) is 12.0 Å². The van der Waals surface area contributed by atoms with E-state index in [0.29, 0.717) is 6.42 Å². The maximum Gasteiger partial charge on any atom is 0.0838 e. The Morgan fingerprint density at radius 2 is 1.93 bits per heavy atom. The highest BCUT2D eigenvalue weighted by atomic mass is 16.5. The molecule has 0 aromatic heterocycles. The summed E-state index contributed by atoms with van der Waals surface area (Å²) in [5, 5.41) is 8.59. The molecule has 0 heterocycles. The molecule has 1 rings (SSSR count). The monoisotopic (exact) mass is 203 g/mol. The van der Waals surface area contributed by atoms with Crippen molar-refractivity contribution in [3.63, 3.8) is 0 Å². The molecule has 0 N–H and O–H groups in total. The van der Waals surface area contributed by atoms with Gasteiger partial charge in [0.05, 0.1) is 18.3 Å². The fourth-order valence-electron chi connectivity index (χ4n) is 1.51. The normalized spacial score (nSPS) is 12.4. The van der Waals surface area contributed by atoms with E-state index in [-0.39, 0.29) is 12.2 Å². The van der Waals surface area contributed by atoms with E-state index in [1.807, 2.05) is 44.2 Å². The van der Waals surface area contributed by atoms with E-state index in [9.17, 15) is 0 Å². The van der Waals surface area contributed by atoms with E-state index in [4.69, 9.17) is 10.00 Å². The molecule has 2 heteroatoms. The van der Waals surface area contributed by atoms with Crippen molar-refractivity contribution < 1.29 is 4.74 Å². The van der Waals surface area contributed by atoms with Crippen LogP contribution in [0.5, 0.6) is 0 Å². The predicted octanol–water partition coefficient (Wildman–Crippen LogP) is 3.46. The molecule has 0 saturated carbocycles. The van der Waals surface area contributed by atoms with E-state index in [2.05, 4.69) is 6.07 Å². The third-order valence-electron chi connectivity index (χ3n) is 2.13. The third kappa shape index (κ3) is 4.14. The Bertz CT molecular complexity index is 313. The standard InChI is InChI=1S/C13H17NO/c1-11(2)15-13(9-6-10-14)12-7-4-3-5-8-12/h3-5,7-8,11,13H,6,9H2,1-2H3. The molecular formula is C13H17NO. The summed E-state index contributed by atoms with van der Waals surface area (Å²) in [6, 6.07) is 12.2. The Morgan fingerprint density at radius 1 is 1.27 bits per heavy atom. The van der Waals surface area contributed by atoms with Crippen LogP contribution >= 0.6 is 0 Å². The molecule has 0 fully saturated rings. The van der Waals surface area contributed by atoms with Crippen LogP contribution in [0.25, 0.3) is 0 Å². The maximum absolute atomic E-state index is 8.59. The minimum absolute atomic E-state index is 0.0471. The number of nitrogens with zero attached hydrogens (tertiary/aromatic N) is 1. The van der Waals surface area contributed by atoms with Gasteiger partial charge in [0.15, 0.2) is 0 Å². The topological polar surface area (TPSA) is 33.0 Å². The molecular weight excluding hydrogens is 186 g/mol. The molecule has 0 saturated heterocycles. The molecule has 0 bridgehead atoms. The van der Waals surface area contributed by atoms with Gasteiger partial charge >= 0.3 is 0 Å². The number of benzene rings is 1. The first-order chi connectivity index (χ1) is 7.24. The van der Waals surface area contributed by atoms with Crippen LogP contribution in [0.3, 0.4) is 0 Å². The smallest absolute Gasteiger partial charge is 0.0838 e. The van der Waals surface area contributed by atoms with Crippen LogP contribution < -0.4 is 0 Å².